The smallest absolute Gasteiger partial charge is 0.150 e. The second-order valence-electron chi connectivity index (χ2n) is 7.60. The molecule has 0 amide bonds. The van der Waals surface area contributed by atoms with Gasteiger partial charge in [-0.25, -0.2) is 4.98 Å². The van der Waals surface area contributed by atoms with Crippen LogP contribution in [0.4, 0.5) is 5.82 Å². The van der Waals surface area contributed by atoms with E-state index in [-0.39, 0.29) is 0 Å². The van der Waals surface area contributed by atoms with Crippen LogP contribution in [-0.2, 0) is 6.54 Å². The summed E-state index contributed by atoms with van der Waals surface area (Å²) >= 11 is 6.39. The lowest BCUT2D eigenvalue weighted by Crippen LogP contribution is -2.22. The molecule has 0 saturated carbocycles. The molecule has 5 nitrogen and oxygen atoms in total. The Kier molecular flexibility index (Phi) is 6.64. The van der Waals surface area contributed by atoms with Crippen LogP contribution in [0.5, 0.6) is 0 Å². The second-order valence-corrected chi connectivity index (χ2v) is 8.01. The molecule has 4 rings (SSSR count). The van der Waals surface area contributed by atoms with Gasteiger partial charge in [-0.05, 0) is 37.1 Å². The fourth-order valence-electron chi connectivity index (χ4n) is 3.56. The van der Waals surface area contributed by atoms with E-state index in [1.807, 2.05) is 48.5 Å². The van der Waals surface area contributed by atoms with E-state index in [1.165, 1.54) is 5.56 Å². The molecule has 1 N–H and O–H groups in total. The highest BCUT2D eigenvalue weighted by atomic mass is 35.5. The van der Waals surface area contributed by atoms with Crippen molar-refractivity contribution in [1.29, 1.82) is 0 Å². The Morgan fingerprint density at radius 3 is 2.74 bits per heavy atom. The molecular formula is C23H22B2ClN5. The van der Waals surface area contributed by atoms with Gasteiger partial charge >= 0.3 is 0 Å². The molecule has 31 heavy (non-hydrogen) atoms. The summed E-state index contributed by atoms with van der Waals surface area (Å²) in [7, 11) is 14.1. The summed E-state index contributed by atoms with van der Waals surface area (Å²) in [6.07, 6.45) is 2.57. The summed E-state index contributed by atoms with van der Waals surface area (Å²) in [4.78, 5) is 6.95. The van der Waals surface area contributed by atoms with Crippen molar-refractivity contribution in [3.05, 3.63) is 71.4 Å². The monoisotopic (exact) mass is 425 g/mol. The molecule has 0 atom stereocenters. The molecule has 4 aromatic rings. The van der Waals surface area contributed by atoms with Gasteiger partial charge in [-0.3, -0.25) is 0 Å². The van der Waals surface area contributed by atoms with Crippen molar-refractivity contribution in [2.75, 3.05) is 25.5 Å². The first-order chi connectivity index (χ1) is 15.0. The number of rotatable bonds is 8. The maximum atomic E-state index is 6.39. The lowest BCUT2D eigenvalue weighted by atomic mass is 9.94. The zero-order chi connectivity index (χ0) is 21.8. The molecule has 0 aliphatic heterocycles. The number of nitrogens with one attached hydrogen (secondary N) is 1. The van der Waals surface area contributed by atoms with Crippen molar-refractivity contribution in [1.82, 2.24) is 19.5 Å². The summed E-state index contributed by atoms with van der Waals surface area (Å²) in [5, 5.41) is 8.48. The second kappa shape index (κ2) is 9.58. The molecule has 2 heterocycles. The van der Waals surface area contributed by atoms with Gasteiger partial charge in [-0.15, -0.1) is 0 Å². The predicted molar refractivity (Wildman–Crippen MR) is 130 cm³/mol. The molecule has 0 fully saturated rings. The Bertz CT molecular complexity index is 1190. The highest BCUT2D eigenvalue weighted by Gasteiger charge is 2.12. The molecule has 0 bridgehead atoms. The Labute approximate surface area is 190 Å². The van der Waals surface area contributed by atoms with Gasteiger partial charge in [0.25, 0.3) is 0 Å². The van der Waals surface area contributed by atoms with Crippen LogP contribution in [-0.4, -0.2) is 55.3 Å². The Hall–Kier alpha value is -2.76. The first-order valence-electron chi connectivity index (χ1n) is 10.2. The Morgan fingerprint density at radius 1 is 1.10 bits per heavy atom. The van der Waals surface area contributed by atoms with E-state index in [0.717, 1.165) is 48.6 Å². The van der Waals surface area contributed by atoms with Crippen LogP contribution in [0.3, 0.4) is 0 Å². The minimum absolute atomic E-state index is 0.527. The highest BCUT2D eigenvalue weighted by Crippen LogP contribution is 2.28. The van der Waals surface area contributed by atoms with Gasteiger partial charge in [0.05, 0.1) is 5.69 Å². The number of hydrogen-bond acceptors (Lipinski definition) is 4. The molecule has 2 aromatic heterocycles. The number of nitrogens with zero attached hydrogens (tertiary/aromatic N) is 4. The fourth-order valence-corrected chi connectivity index (χ4v) is 3.79. The molecule has 2 aromatic carbocycles. The van der Waals surface area contributed by atoms with Crippen molar-refractivity contribution in [2.45, 2.75) is 13.0 Å². The predicted octanol–water partition coefficient (Wildman–Crippen LogP) is 2.57. The standard InChI is InChI=1S/C23H22B2ClN5/c1-30(15-16-6-4-7-17(24)12-16)11-5-10-27-22-13-21(18-8-2-3-9-20(18)26)29-23-19(25)14-28-31(22)23/h2-4,6-9,12-14,27H,5,10-11,15H2,1H3. The summed E-state index contributed by atoms with van der Waals surface area (Å²) in [6, 6.07) is 17.6. The zero-order valence-electron chi connectivity index (χ0n) is 17.4. The normalized spacial score (nSPS) is 11.3. The number of aromatic nitrogens is 3. The minimum atomic E-state index is 0.527. The van der Waals surface area contributed by atoms with E-state index in [4.69, 9.17) is 27.3 Å². The summed E-state index contributed by atoms with van der Waals surface area (Å²) in [5.41, 5.74) is 4.76. The molecule has 152 valence electrons. The third kappa shape index (κ3) is 5.12. The van der Waals surface area contributed by atoms with Crippen LogP contribution in [0.15, 0.2) is 60.8 Å². The van der Waals surface area contributed by atoms with Crippen LogP contribution in [0.25, 0.3) is 16.9 Å². The average Bonchev–Trinajstić information content (AvgIpc) is 3.12. The van der Waals surface area contributed by atoms with Crippen LogP contribution >= 0.6 is 11.6 Å². The number of anilines is 1. The molecule has 0 unspecified atom stereocenters. The van der Waals surface area contributed by atoms with Crippen molar-refractivity contribution in [3.63, 3.8) is 0 Å². The molecule has 4 radical (unpaired) electrons. The SMILES string of the molecule is [B]c1cccc(CN(C)CCCNc2cc(-c3ccccc3Cl)nc3c([B])cnn23)c1. The van der Waals surface area contributed by atoms with Crippen molar-refractivity contribution in [3.8, 4) is 11.3 Å². The van der Waals surface area contributed by atoms with Gasteiger partial charge in [-0.2, -0.15) is 9.61 Å². The van der Waals surface area contributed by atoms with Crippen LogP contribution in [0.2, 0.25) is 5.02 Å². The Balaban J connectivity index is 1.44. The number of halogens is 1. The van der Waals surface area contributed by atoms with Crippen molar-refractivity contribution >= 4 is 49.7 Å². The van der Waals surface area contributed by atoms with Gasteiger partial charge in [-0.1, -0.05) is 59.5 Å². The number of hydrogen-bond donors (Lipinski definition) is 1. The summed E-state index contributed by atoms with van der Waals surface area (Å²) in [5.74, 6) is 0.829. The van der Waals surface area contributed by atoms with Crippen LogP contribution in [0, 0.1) is 0 Å². The average molecular weight is 426 g/mol. The van der Waals surface area contributed by atoms with E-state index in [9.17, 15) is 0 Å². The van der Waals surface area contributed by atoms with E-state index in [2.05, 4.69) is 33.4 Å². The third-order valence-corrected chi connectivity index (χ3v) is 5.40. The largest absolute Gasteiger partial charge is 0.370 e. The lowest BCUT2D eigenvalue weighted by molar-refractivity contribution is 0.325. The van der Waals surface area contributed by atoms with Gasteiger partial charge in [0.2, 0.25) is 0 Å². The quantitative estimate of drug-likeness (QED) is 0.348. The molecule has 0 saturated heterocycles. The summed E-state index contributed by atoms with van der Waals surface area (Å²) < 4.78 is 1.73. The number of fused-ring (bicyclic) bond motifs is 1. The first-order valence-corrected chi connectivity index (χ1v) is 10.5. The lowest BCUT2D eigenvalue weighted by Gasteiger charge is -2.18. The molecule has 8 heteroatoms. The van der Waals surface area contributed by atoms with Gasteiger partial charge in [0.1, 0.15) is 21.5 Å². The van der Waals surface area contributed by atoms with E-state index >= 15 is 0 Å². The van der Waals surface area contributed by atoms with E-state index in [0.29, 0.717) is 16.1 Å². The van der Waals surface area contributed by atoms with Crippen LogP contribution < -0.4 is 16.2 Å². The first kappa shape index (κ1) is 21.5. The molecule has 0 aliphatic carbocycles. The van der Waals surface area contributed by atoms with E-state index in [1.54, 1.807) is 10.7 Å². The van der Waals surface area contributed by atoms with Gasteiger partial charge < -0.3 is 10.2 Å². The van der Waals surface area contributed by atoms with Gasteiger partial charge in [0.15, 0.2) is 5.65 Å². The van der Waals surface area contributed by atoms with Gasteiger partial charge in [0, 0.05) is 35.9 Å². The van der Waals surface area contributed by atoms with Crippen LogP contribution in [0.1, 0.15) is 12.0 Å². The fraction of sp³-hybridized carbons (Fsp3) is 0.217. The third-order valence-electron chi connectivity index (χ3n) is 5.08. The molecule has 0 spiro atoms. The number of benzene rings is 2. The highest BCUT2D eigenvalue weighted by molar-refractivity contribution is 6.36. The van der Waals surface area contributed by atoms with E-state index < -0.39 is 0 Å². The maximum Gasteiger partial charge on any atom is 0.150 e. The zero-order valence-corrected chi connectivity index (χ0v) is 18.2. The topological polar surface area (TPSA) is 45.5 Å². The van der Waals surface area contributed by atoms with Crippen molar-refractivity contribution in [2.24, 2.45) is 0 Å². The maximum absolute atomic E-state index is 6.39. The van der Waals surface area contributed by atoms with Crippen molar-refractivity contribution < 1.29 is 0 Å². The Morgan fingerprint density at radius 2 is 1.94 bits per heavy atom. The molecule has 0 aliphatic rings. The molecular weight excluding hydrogens is 403 g/mol. The minimum Gasteiger partial charge on any atom is -0.370 e. The summed E-state index contributed by atoms with van der Waals surface area (Å²) in [6.45, 7) is 2.58.